The third-order valence-electron chi connectivity index (χ3n) is 5.15. The molecule has 4 aromatic rings. The average molecular weight is 469 g/mol. The van der Waals surface area contributed by atoms with Gasteiger partial charge in [-0.25, -0.2) is 14.4 Å². The predicted molar refractivity (Wildman–Crippen MR) is 123 cm³/mol. The Hall–Kier alpha value is -3.52. The normalized spacial score (nSPS) is 11.1. The van der Waals surface area contributed by atoms with Crippen molar-refractivity contribution in [3.8, 4) is 11.3 Å². The zero-order valence-corrected chi connectivity index (χ0v) is 18.7. The maximum Gasteiger partial charge on any atom is 0.258 e. The van der Waals surface area contributed by atoms with Crippen molar-refractivity contribution in [2.24, 2.45) is 0 Å². The largest absolute Gasteiger partial charge is 0.441 e. The van der Waals surface area contributed by atoms with E-state index < -0.39 is 5.82 Å². The summed E-state index contributed by atoms with van der Waals surface area (Å²) in [5, 5.41) is 0.916. The molecule has 2 aromatic heterocycles. The van der Waals surface area contributed by atoms with Crippen LogP contribution in [0.1, 0.15) is 31.5 Å². The van der Waals surface area contributed by atoms with Crippen LogP contribution in [-0.4, -0.2) is 32.3 Å². The van der Waals surface area contributed by atoms with Crippen LogP contribution in [0.15, 0.2) is 57.9 Å². The fourth-order valence-electron chi connectivity index (χ4n) is 3.56. The number of hydrogen-bond acceptors (Lipinski definition) is 5. The molecule has 0 aliphatic rings. The van der Waals surface area contributed by atoms with E-state index in [2.05, 4.69) is 15.0 Å². The Labute approximate surface area is 194 Å². The first kappa shape index (κ1) is 22.7. The standard InChI is InChI=1S/C24H22ClFN4O3/c1-2-11-30(14-21-28-19-12-15(25)7-8-17(19)24(32)29-21)23(31)10-9-22-27-13-20(33-22)16-5-3-4-6-18(16)26/h3-8,12-13H,2,9-11,14H2,1H3,(H,28,29,32). The molecular formula is C24H22ClFN4O3. The van der Waals surface area contributed by atoms with Gasteiger partial charge in [0, 0.05) is 24.4 Å². The molecule has 170 valence electrons. The summed E-state index contributed by atoms with van der Waals surface area (Å²) in [6, 6.07) is 11.1. The minimum absolute atomic E-state index is 0.128. The molecule has 0 fully saturated rings. The van der Waals surface area contributed by atoms with E-state index in [1.54, 1.807) is 41.3 Å². The van der Waals surface area contributed by atoms with E-state index in [-0.39, 0.29) is 30.9 Å². The van der Waals surface area contributed by atoms with E-state index >= 15 is 0 Å². The van der Waals surface area contributed by atoms with Crippen LogP contribution in [0.2, 0.25) is 5.02 Å². The Morgan fingerprint density at radius 1 is 1.24 bits per heavy atom. The summed E-state index contributed by atoms with van der Waals surface area (Å²) in [4.78, 5) is 38.3. The van der Waals surface area contributed by atoms with Crippen LogP contribution < -0.4 is 5.56 Å². The molecule has 0 bridgehead atoms. The number of amides is 1. The lowest BCUT2D eigenvalue weighted by atomic mass is 10.2. The summed E-state index contributed by atoms with van der Waals surface area (Å²) in [6.45, 7) is 2.63. The van der Waals surface area contributed by atoms with E-state index in [1.807, 2.05) is 6.92 Å². The average Bonchev–Trinajstić information content (AvgIpc) is 3.26. The summed E-state index contributed by atoms with van der Waals surface area (Å²) >= 11 is 6.03. The van der Waals surface area contributed by atoms with Crippen molar-refractivity contribution in [3.63, 3.8) is 0 Å². The molecule has 0 aliphatic heterocycles. The van der Waals surface area contributed by atoms with Crippen molar-refractivity contribution < 1.29 is 13.6 Å². The van der Waals surface area contributed by atoms with E-state index in [9.17, 15) is 14.0 Å². The number of hydrogen-bond donors (Lipinski definition) is 1. The maximum atomic E-state index is 14.0. The van der Waals surface area contributed by atoms with Crippen molar-refractivity contribution in [1.82, 2.24) is 19.9 Å². The molecule has 4 rings (SSSR count). The minimum atomic E-state index is -0.399. The number of fused-ring (bicyclic) bond motifs is 1. The molecule has 0 unspecified atom stereocenters. The molecule has 0 saturated heterocycles. The number of nitrogens with zero attached hydrogens (tertiary/aromatic N) is 3. The summed E-state index contributed by atoms with van der Waals surface area (Å²) in [6.07, 6.45) is 2.62. The number of aromatic amines is 1. The number of benzene rings is 2. The lowest BCUT2D eigenvalue weighted by Gasteiger charge is -2.21. The first-order chi connectivity index (χ1) is 15.9. The Bertz CT molecular complexity index is 1350. The van der Waals surface area contributed by atoms with Crippen LogP contribution >= 0.6 is 11.6 Å². The number of carbonyl (C=O) groups excluding carboxylic acids is 1. The number of aromatic nitrogens is 3. The van der Waals surface area contributed by atoms with E-state index in [0.29, 0.717) is 45.5 Å². The molecule has 2 aromatic carbocycles. The van der Waals surface area contributed by atoms with Crippen LogP contribution in [0.5, 0.6) is 0 Å². The van der Waals surface area contributed by atoms with Crippen LogP contribution in [0, 0.1) is 5.82 Å². The summed E-state index contributed by atoms with van der Waals surface area (Å²) in [7, 11) is 0. The van der Waals surface area contributed by atoms with E-state index in [0.717, 1.165) is 6.42 Å². The van der Waals surface area contributed by atoms with Gasteiger partial charge in [0.1, 0.15) is 11.6 Å². The molecule has 2 heterocycles. The molecule has 0 spiro atoms. The third kappa shape index (κ3) is 5.28. The summed E-state index contributed by atoms with van der Waals surface area (Å²) < 4.78 is 19.6. The third-order valence-corrected chi connectivity index (χ3v) is 5.39. The van der Waals surface area contributed by atoms with E-state index in [1.165, 1.54) is 12.3 Å². The monoisotopic (exact) mass is 468 g/mol. The zero-order valence-electron chi connectivity index (χ0n) is 18.0. The molecule has 7 nitrogen and oxygen atoms in total. The number of nitrogens with one attached hydrogen (secondary N) is 1. The molecule has 1 amide bonds. The highest BCUT2D eigenvalue weighted by molar-refractivity contribution is 6.31. The lowest BCUT2D eigenvalue weighted by molar-refractivity contribution is -0.132. The first-order valence-corrected chi connectivity index (χ1v) is 11.0. The molecule has 0 radical (unpaired) electrons. The van der Waals surface area contributed by atoms with Crippen LogP contribution in [0.4, 0.5) is 4.39 Å². The molecule has 0 atom stereocenters. The van der Waals surface area contributed by atoms with Gasteiger partial charge >= 0.3 is 0 Å². The minimum Gasteiger partial charge on any atom is -0.441 e. The highest BCUT2D eigenvalue weighted by Gasteiger charge is 2.17. The fraction of sp³-hybridized carbons (Fsp3) is 0.250. The van der Waals surface area contributed by atoms with Gasteiger partial charge in [-0.15, -0.1) is 0 Å². The van der Waals surface area contributed by atoms with Crippen LogP contribution in [-0.2, 0) is 17.8 Å². The SMILES string of the molecule is CCCN(Cc1nc2cc(Cl)ccc2c(=O)[nH]1)C(=O)CCc1ncc(-c2ccccc2F)o1. The van der Waals surface area contributed by atoms with Gasteiger partial charge in [0.15, 0.2) is 11.7 Å². The number of carbonyl (C=O) groups is 1. The van der Waals surface area contributed by atoms with Crippen LogP contribution in [0.3, 0.4) is 0 Å². The topological polar surface area (TPSA) is 92.1 Å². The Morgan fingerprint density at radius 2 is 2.06 bits per heavy atom. The number of halogens is 2. The first-order valence-electron chi connectivity index (χ1n) is 10.6. The van der Waals surface area contributed by atoms with Gasteiger partial charge in [-0.2, -0.15) is 0 Å². The molecule has 33 heavy (non-hydrogen) atoms. The predicted octanol–water partition coefficient (Wildman–Crippen LogP) is 4.74. The molecular weight excluding hydrogens is 447 g/mol. The highest BCUT2D eigenvalue weighted by atomic mass is 35.5. The van der Waals surface area contributed by atoms with Gasteiger partial charge in [-0.1, -0.05) is 30.7 Å². The Balaban J connectivity index is 1.45. The van der Waals surface area contributed by atoms with Crippen molar-refractivity contribution in [3.05, 3.63) is 81.6 Å². The molecule has 9 heteroatoms. The number of rotatable bonds is 8. The van der Waals surface area contributed by atoms with Crippen LogP contribution in [0.25, 0.3) is 22.2 Å². The number of aryl methyl sites for hydroxylation is 1. The Kier molecular flexibility index (Phi) is 6.84. The fourth-order valence-corrected chi connectivity index (χ4v) is 3.73. The Morgan fingerprint density at radius 3 is 2.85 bits per heavy atom. The summed E-state index contributed by atoms with van der Waals surface area (Å²) in [5.74, 6) is 0.525. The lowest BCUT2D eigenvalue weighted by Crippen LogP contribution is -2.33. The second-order valence-corrected chi connectivity index (χ2v) is 8.02. The second-order valence-electron chi connectivity index (χ2n) is 7.59. The van der Waals surface area contributed by atoms with Gasteiger partial charge in [-0.05, 0) is 36.8 Å². The quantitative estimate of drug-likeness (QED) is 0.403. The van der Waals surface area contributed by atoms with Gasteiger partial charge < -0.3 is 14.3 Å². The summed E-state index contributed by atoms with van der Waals surface area (Å²) in [5.41, 5.74) is 0.517. The van der Waals surface area contributed by atoms with Crippen molar-refractivity contribution in [2.75, 3.05) is 6.54 Å². The second kappa shape index (κ2) is 9.95. The zero-order chi connectivity index (χ0) is 23.4. The molecule has 0 saturated carbocycles. The van der Waals surface area contributed by atoms with Gasteiger partial charge in [-0.3, -0.25) is 9.59 Å². The highest BCUT2D eigenvalue weighted by Crippen LogP contribution is 2.23. The molecule has 0 aliphatic carbocycles. The van der Waals surface area contributed by atoms with E-state index in [4.69, 9.17) is 16.0 Å². The van der Waals surface area contributed by atoms with Crippen molar-refractivity contribution >= 4 is 28.4 Å². The van der Waals surface area contributed by atoms with Crippen molar-refractivity contribution in [2.45, 2.75) is 32.7 Å². The number of H-pyrrole nitrogens is 1. The van der Waals surface area contributed by atoms with Gasteiger partial charge in [0.05, 0.1) is 29.2 Å². The van der Waals surface area contributed by atoms with Gasteiger partial charge in [0.2, 0.25) is 5.91 Å². The smallest absolute Gasteiger partial charge is 0.258 e. The van der Waals surface area contributed by atoms with Gasteiger partial charge in [0.25, 0.3) is 5.56 Å². The number of oxazole rings is 1. The maximum absolute atomic E-state index is 14.0. The van der Waals surface area contributed by atoms with Crippen molar-refractivity contribution in [1.29, 1.82) is 0 Å². The molecule has 1 N–H and O–H groups in total.